The Kier molecular flexibility index (Phi) is 5.55. The fraction of sp³-hybridized carbons (Fsp3) is 0.222. The number of benzene rings is 4. The first-order valence-electron chi connectivity index (χ1n) is 10.3. The Morgan fingerprint density at radius 2 is 1.13 bits per heavy atom. The summed E-state index contributed by atoms with van der Waals surface area (Å²) < 4.78 is 16.2. The van der Waals surface area contributed by atoms with Crippen molar-refractivity contribution in [1.29, 1.82) is 0 Å². The highest BCUT2D eigenvalue weighted by atomic mass is 16.5. The van der Waals surface area contributed by atoms with Gasteiger partial charge in [0.25, 0.3) is 0 Å². The Bertz CT molecular complexity index is 1170. The zero-order chi connectivity index (χ0) is 22.0. The Labute approximate surface area is 182 Å². The van der Waals surface area contributed by atoms with Crippen LogP contribution in [0.3, 0.4) is 0 Å². The van der Waals surface area contributed by atoms with Gasteiger partial charge in [-0.05, 0) is 82.9 Å². The van der Waals surface area contributed by atoms with Crippen molar-refractivity contribution >= 4 is 27.5 Å². The molecule has 4 aromatic carbocycles. The second kappa shape index (κ2) is 8.31. The molecule has 0 bridgehead atoms. The molecule has 0 aliphatic carbocycles. The predicted molar refractivity (Wildman–Crippen MR) is 124 cm³/mol. The van der Waals surface area contributed by atoms with Gasteiger partial charge in [-0.25, -0.2) is 0 Å². The van der Waals surface area contributed by atoms with E-state index in [-0.39, 0.29) is 5.97 Å². The van der Waals surface area contributed by atoms with E-state index in [1.807, 2.05) is 74.5 Å². The second-order valence-corrected chi connectivity index (χ2v) is 7.70. The van der Waals surface area contributed by atoms with Crippen molar-refractivity contribution in [2.75, 3.05) is 20.8 Å². The van der Waals surface area contributed by atoms with Crippen LogP contribution in [-0.2, 0) is 14.9 Å². The Hall–Kier alpha value is -3.53. The molecule has 158 valence electrons. The largest absolute Gasteiger partial charge is 0.497 e. The Balaban J connectivity index is 1.88. The summed E-state index contributed by atoms with van der Waals surface area (Å²) in [5.74, 6) is 1.34. The van der Waals surface area contributed by atoms with Gasteiger partial charge in [-0.15, -0.1) is 0 Å². The lowest BCUT2D eigenvalue weighted by Gasteiger charge is -2.29. The van der Waals surface area contributed by atoms with Gasteiger partial charge in [0.2, 0.25) is 0 Å². The number of rotatable bonds is 6. The molecule has 0 radical (unpaired) electrons. The van der Waals surface area contributed by atoms with E-state index < -0.39 is 5.41 Å². The topological polar surface area (TPSA) is 44.8 Å². The fourth-order valence-electron chi connectivity index (χ4n) is 4.00. The first-order chi connectivity index (χ1) is 15.0. The maximum absolute atomic E-state index is 13.3. The van der Waals surface area contributed by atoms with E-state index in [1.165, 1.54) is 0 Å². The molecular formula is C27H26O4. The zero-order valence-corrected chi connectivity index (χ0v) is 18.3. The maximum Gasteiger partial charge on any atom is 0.320 e. The van der Waals surface area contributed by atoms with Crippen LogP contribution < -0.4 is 9.47 Å². The standard InChI is InChI=1S/C27H26O4/c1-5-31-26(28)27(2,22-10-6-20-16-24(29-3)12-8-18(20)14-22)23-11-7-21-17-25(30-4)13-9-19(21)15-23/h6-17H,5H2,1-4H3. The summed E-state index contributed by atoms with van der Waals surface area (Å²) in [6.07, 6.45) is 0. The van der Waals surface area contributed by atoms with Crippen molar-refractivity contribution in [3.05, 3.63) is 83.9 Å². The summed E-state index contributed by atoms with van der Waals surface area (Å²) in [7, 11) is 3.31. The van der Waals surface area contributed by atoms with Gasteiger partial charge in [0.15, 0.2) is 0 Å². The van der Waals surface area contributed by atoms with E-state index in [0.717, 1.165) is 44.2 Å². The summed E-state index contributed by atoms with van der Waals surface area (Å²) in [5, 5.41) is 4.19. The van der Waals surface area contributed by atoms with Gasteiger partial charge >= 0.3 is 5.97 Å². The van der Waals surface area contributed by atoms with Crippen LogP contribution in [0, 0.1) is 0 Å². The van der Waals surface area contributed by atoms with Gasteiger partial charge in [-0.1, -0.05) is 36.4 Å². The molecule has 0 aromatic heterocycles. The predicted octanol–water partition coefficient (Wildman–Crippen LogP) is 5.88. The number of hydrogen-bond acceptors (Lipinski definition) is 4. The summed E-state index contributed by atoms with van der Waals surface area (Å²) in [4.78, 5) is 13.3. The van der Waals surface area contributed by atoms with Crippen LogP contribution in [0.15, 0.2) is 72.8 Å². The maximum atomic E-state index is 13.3. The molecule has 0 saturated carbocycles. The molecule has 4 rings (SSSR count). The van der Waals surface area contributed by atoms with Gasteiger partial charge in [-0.2, -0.15) is 0 Å². The molecule has 31 heavy (non-hydrogen) atoms. The molecule has 0 fully saturated rings. The molecule has 0 amide bonds. The van der Waals surface area contributed by atoms with Crippen molar-refractivity contribution in [3.63, 3.8) is 0 Å². The zero-order valence-electron chi connectivity index (χ0n) is 18.3. The average Bonchev–Trinajstić information content (AvgIpc) is 2.82. The van der Waals surface area contributed by atoms with Gasteiger partial charge in [0.05, 0.1) is 20.8 Å². The molecule has 0 saturated heterocycles. The van der Waals surface area contributed by atoms with Crippen LogP contribution in [0.5, 0.6) is 11.5 Å². The molecule has 0 spiro atoms. The molecule has 0 N–H and O–H groups in total. The van der Waals surface area contributed by atoms with Crippen LogP contribution >= 0.6 is 0 Å². The van der Waals surface area contributed by atoms with Crippen LogP contribution in [0.2, 0.25) is 0 Å². The Morgan fingerprint density at radius 3 is 1.55 bits per heavy atom. The molecule has 0 aliphatic heterocycles. The smallest absolute Gasteiger partial charge is 0.320 e. The molecule has 0 unspecified atom stereocenters. The molecule has 0 aliphatic rings. The highest BCUT2D eigenvalue weighted by Gasteiger charge is 2.39. The van der Waals surface area contributed by atoms with Crippen molar-refractivity contribution in [2.24, 2.45) is 0 Å². The minimum atomic E-state index is -0.946. The second-order valence-electron chi connectivity index (χ2n) is 7.70. The third-order valence-corrected chi connectivity index (χ3v) is 5.93. The van der Waals surface area contributed by atoms with Crippen molar-refractivity contribution < 1.29 is 19.0 Å². The summed E-state index contributed by atoms with van der Waals surface area (Å²) in [5.41, 5.74) is 0.825. The van der Waals surface area contributed by atoms with Crippen molar-refractivity contribution in [2.45, 2.75) is 19.3 Å². The number of ether oxygens (including phenoxy) is 3. The van der Waals surface area contributed by atoms with E-state index in [4.69, 9.17) is 14.2 Å². The van der Waals surface area contributed by atoms with Crippen LogP contribution in [0.1, 0.15) is 25.0 Å². The van der Waals surface area contributed by atoms with Crippen LogP contribution in [0.4, 0.5) is 0 Å². The highest BCUT2D eigenvalue weighted by molar-refractivity contribution is 5.93. The molecule has 4 nitrogen and oxygen atoms in total. The lowest BCUT2D eigenvalue weighted by Crippen LogP contribution is -2.35. The monoisotopic (exact) mass is 414 g/mol. The van der Waals surface area contributed by atoms with E-state index >= 15 is 0 Å². The van der Waals surface area contributed by atoms with E-state index in [0.29, 0.717) is 6.61 Å². The van der Waals surface area contributed by atoms with E-state index in [1.54, 1.807) is 14.2 Å². The van der Waals surface area contributed by atoms with Gasteiger partial charge < -0.3 is 14.2 Å². The molecule has 0 heterocycles. The first-order valence-corrected chi connectivity index (χ1v) is 10.3. The number of hydrogen-bond donors (Lipinski definition) is 0. The fourth-order valence-corrected chi connectivity index (χ4v) is 4.00. The van der Waals surface area contributed by atoms with E-state index in [2.05, 4.69) is 12.1 Å². The number of methoxy groups -OCH3 is 2. The molecular weight excluding hydrogens is 388 g/mol. The van der Waals surface area contributed by atoms with Crippen LogP contribution in [-0.4, -0.2) is 26.8 Å². The third-order valence-electron chi connectivity index (χ3n) is 5.93. The number of esters is 1. The minimum Gasteiger partial charge on any atom is -0.497 e. The highest BCUT2D eigenvalue weighted by Crippen LogP contribution is 2.37. The quantitative estimate of drug-likeness (QED) is 0.370. The van der Waals surface area contributed by atoms with E-state index in [9.17, 15) is 4.79 Å². The number of fused-ring (bicyclic) bond motifs is 2. The Morgan fingerprint density at radius 1 is 0.710 bits per heavy atom. The molecule has 4 aromatic rings. The lowest BCUT2D eigenvalue weighted by atomic mass is 9.75. The van der Waals surface area contributed by atoms with Crippen molar-refractivity contribution in [3.8, 4) is 11.5 Å². The van der Waals surface area contributed by atoms with Gasteiger partial charge in [-0.3, -0.25) is 4.79 Å². The number of carbonyl (C=O) groups excluding carboxylic acids is 1. The van der Waals surface area contributed by atoms with Crippen LogP contribution in [0.25, 0.3) is 21.5 Å². The normalized spacial score (nSPS) is 11.5. The van der Waals surface area contributed by atoms with Gasteiger partial charge in [0.1, 0.15) is 16.9 Å². The minimum absolute atomic E-state index is 0.268. The SMILES string of the molecule is CCOC(=O)C(C)(c1ccc2cc(OC)ccc2c1)c1ccc2cc(OC)ccc2c1. The first kappa shape index (κ1) is 20.7. The van der Waals surface area contributed by atoms with Crippen molar-refractivity contribution in [1.82, 2.24) is 0 Å². The summed E-state index contributed by atoms with van der Waals surface area (Å²) >= 11 is 0. The van der Waals surface area contributed by atoms with Gasteiger partial charge in [0, 0.05) is 0 Å². The third kappa shape index (κ3) is 3.70. The summed E-state index contributed by atoms with van der Waals surface area (Å²) in [6.45, 7) is 4.09. The lowest BCUT2D eigenvalue weighted by molar-refractivity contribution is -0.147. The summed E-state index contributed by atoms with van der Waals surface area (Å²) in [6, 6.07) is 24.0. The number of carbonyl (C=O) groups is 1. The average molecular weight is 415 g/mol. The molecule has 4 heteroatoms. The molecule has 0 atom stereocenters.